The highest BCUT2D eigenvalue weighted by atomic mass is 79.9. The highest BCUT2D eigenvalue weighted by molar-refractivity contribution is 9.16. The molecule has 132 valence electrons. The molecule has 0 amide bonds. The Morgan fingerprint density at radius 3 is 2.09 bits per heavy atom. The number of ether oxygens (including phenoxy) is 3. The van der Waals surface area contributed by atoms with E-state index in [1.165, 1.54) is 6.92 Å². The van der Waals surface area contributed by atoms with Crippen molar-refractivity contribution in [2.45, 2.75) is 53.6 Å². The van der Waals surface area contributed by atoms with E-state index >= 15 is 0 Å². The number of methoxy groups -OCH3 is 2. The number of carbonyl (C=O) groups is 1. The van der Waals surface area contributed by atoms with Gasteiger partial charge in [-0.1, -0.05) is 83.5 Å². The number of hydrogen-bond acceptors (Lipinski definition) is 4. The van der Waals surface area contributed by atoms with Crippen molar-refractivity contribution in [2.24, 2.45) is 5.92 Å². The predicted molar refractivity (Wildman–Crippen MR) is 104 cm³/mol. The summed E-state index contributed by atoms with van der Waals surface area (Å²) in [5.41, 5.74) is 0. The summed E-state index contributed by atoms with van der Waals surface area (Å²) in [6.07, 6.45) is 2.51. The standard InChI is InChI=1S/C15H20Br4O4/c1-5-6-7-9-12(23-8(2)20)14(19)11(17)10(16)13(9,18)15(14,21-3)22-4/h9,12H,5-7H2,1-4H3. The van der Waals surface area contributed by atoms with Crippen LogP contribution in [0.1, 0.15) is 33.1 Å². The average molecular weight is 584 g/mol. The Kier molecular flexibility index (Phi) is 6.19. The summed E-state index contributed by atoms with van der Waals surface area (Å²) in [7, 11) is 3.21. The van der Waals surface area contributed by atoms with Crippen LogP contribution in [0.4, 0.5) is 0 Å². The molecule has 0 heterocycles. The van der Waals surface area contributed by atoms with E-state index in [2.05, 4.69) is 70.6 Å². The van der Waals surface area contributed by atoms with Crippen molar-refractivity contribution in [3.63, 3.8) is 0 Å². The van der Waals surface area contributed by atoms with E-state index in [9.17, 15) is 4.79 Å². The second-order valence-electron chi connectivity index (χ2n) is 5.86. The summed E-state index contributed by atoms with van der Waals surface area (Å²) in [6.45, 7) is 3.56. The van der Waals surface area contributed by atoms with Gasteiger partial charge < -0.3 is 14.2 Å². The third-order valence-corrected chi connectivity index (χ3v) is 11.3. The fourth-order valence-electron chi connectivity index (χ4n) is 3.87. The van der Waals surface area contributed by atoms with E-state index in [4.69, 9.17) is 14.2 Å². The summed E-state index contributed by atoms with van der Waals surface area (Å²) < 4.78 is 17.8. The number of unbranched alkanes of at least 4 members (excludes halogenated alkanes) is 1. The molecule has 4 nitrogen and oxygen atoms in total. The Morgan fingerprint density at radius 2 is 1.65 bits per heavy atom. The second kappa shape index (κ2) is 6.99. The molecule has 1 saturated carbocycles. The molecular weight excluding hydrogens is 564 g/mol. The van der Waals surface area contributed by atoms with Crippen molar-refractivity contribution in [1.29, 1.82) is 0 Å². The molecular formula is C15H20Br4O4. The van der Waals surface area contributed by atoms with Crippen molar-refractivity contribution in [3.05, 3.63) is 8.96 Å². The molecule has 0 N–H and O–H groups in total. The number of fused-ring (bicyclic) bond motifs is 2. The quantitative estimate of drug-likeness (QED) is 0.251. The first-order valence-electron chi connectivity index (χ1n) is 7.40. The number of alkyl halides is 2. The highest BCUT2D eigenvalue weighted by Crippen LogP contribution is 2.74. The van der Waals surface area contributed by atoms with E-state index in [-0.39, 0.29) is 11.9 Å². The largest absolute Gasteiger partial charge is 0.460 e. The van der Waals surface area contributed by atoms with Gasteiger partial charge >= 0.3 is 5.97 Å². The summed E-state index contributed by atoms with van der Waals surface area (Å²) in [4.78, 5) is 11.7. The first kappa shape index (κ1) is 20.4. The Bertz CT molecular complexity index is 534. The maximum Gasteiger partial charge on any atom is 0.302 e. The zero-order chi connectivity index (χ0) is 17.6. The van der Waals surface area contributed by atoms with E-state index in [1.54, 1.807) is 14.2 Å². The van der Waals surface area contributed by atoms with Crippen LogP contribution in [0.3, 0.4) is 0 Å². The van der Waals surface area contributed by atoms with Crippen LogP contribution >= 0.6 is 63.7 Å². The van der Waals surface area contributed by atoms with Crippen LogP contribution in [0.25, 0.3) is 0 Å². The van der Waals surface area contributed by atoms with Gasteiger partial charge in [0.05, 0.1) is 0 Å². The van der Waals surface area contributed by atoms with Gasteiger partial charge in [-0.3, -0.25) is 4.79 Å². The SMILES string of the molecule is CCCCC1C(OC(C)=O)C2(Br)C(Br)=C(Br)C1(Br)C2(OC)OC. The van der Waals surface area contributed by atoms with E-state index in [1.807, 2.05) is 0 Å². The molecule has 2 bridgehead atoms. The van der Waals surface area contributed by atoms with Crippen LogP contribution in [0.2, 0.25) is 0 Å². The van der Waals surface area contributed by atoms with Crippen LogP contribution in [0, 0.1) is 5.92 Å². The lowest BCUT2D eigenvalue weighted by Gasteiger charge is -2.41. The molecule has 2 aliphatic rings. The van der Waals surface area contributed by atoms with Gasteiger partial charge in [0, 0.05) is 36.0 Å². The molecule has 2 rings (SSSR count). The Hall–Kier alpha value is 1.05. The second-order valence-corrected chi connectivity index (χ2v) is 9.94. The maximum absolute atomic E-state index is 11.7. The molecule has 0 spiro atoms. The third kappa shape index (κ3) is 2.41. The van der Waals surface area contributed by atoms with Crippen molar-refractivity contribution < 1.29 is 19.0 Å². The maximum atomic E-state index is 11.7. The fraction of sp³-hybridized carbons (Fsp3) is 0.800. The number of rotatable bonds is 6. The van der Waals surface area contributed by atoms with Crippen LogP contribution in [0.5, 0.6) is 0 Å². The average Bonchev–Trinajstić information content (AvgIpc) is 2.74. The predicted octanol–water partition coefficient (Wildman–Crippen LogP) is 5.01. The highest BCUT2D eigenvalue weighted by Gasteiger charge is 2.84. The molecule has 4 atom stereocenters. The zero-order valence-electron chi connectivity index (χ0n) is 13.4. The number of hydrogen-bond donors (Lipinski definition) is 0. The van der Waals surface area contributed by atoms with Gasteiger partial charge in [-0.2, -0.15) is 0 Å². The summed E-state index contributed by atoms with van der Waals surface area (Å²) >= 11 is 15.0. The molecule has 0 radical (unpaired) electrons. The van der Waals surface area contributed by atoms with Crippen LogP contribution < -0.4 is 0 Å². The zero-order valence-corrected chi connectivity index (χ0v) is 19.8. The van der Waals surface area contributed by atoms with Gasteiger partial charge in [-0.05, 0) is 6.42 Å². The van der Waals surface area contributed by atoms with Gasteiger partial charge in [-0.25, -0.2) is 0 Å². The molecule has 0 aromatic carbocycles. The van der Waals surface area contributed by atoms with Gasteiger partial charge in [0.15, 0.2) is 4.32 Å². The summed E-state index contributed by atoms with van der Waals surface area (Å²) in [5.74, 6) is -1.39. The van der Waals surface area contributed by atoms with Crippen molar-refractivity contribution in [3.8, 4) is 0 Å². The van der Waals surface area contributed by atoms with E-state index in [0.29, 0.717) is 0 Å². The minimum Gasteiger partial charge on any atom is -0.460 e. The molecule has 1 fully saturated rings. The third-order valence-electron chi connectivity index (χ3n) is 4.79. The van der Waals surface area contributed by atoms with Crippen molar-refractivity contribution >= 4 is 69.7 Å². The lowest BCUT2D eigenvalue weighted by atomic mass is 9.86. The number of carbonyl (C=O) groups excluding carboxylic acids is 1. The summed E-state index contributed by atoms with van der Waals surface area (Å²) in [5, 5.41) is 0. The lowest BCUT2D eigenvalue weighted by molar-refractivity contribution is -0.217. The minimum atomic E-state index is -1.06. The first-order chi connectivity index (χ1) is 10.7. The molecule has 0 aromatic rings. The van der Waals surface area contributed by atoms with E-state index < -0.39 is 20.5 Å². The molecule has 0 aromatic heterocycles. The Labute approximate surface area is 170 Å². The fourth-order valence-corrected chi connectivity index (χ4v) is 8.89. The molecule has 23 heavy (non-hydrogen) atoms. The van der Waals surface area contributed by atoms with Crippen LogP contribution in [0.15, 0.2) is 8.96 Å². The molecule has 0 aliphatic heterocycles. The van der Waals surface area contributed by atoms with Gasteiger partial charge in [0.2, 0.25) is 5.79 Å². The van der Waals surface area contributed by atoms with E-state index in [0.717, 1.165) is 28.2 Å². The Balaban J connectivity index is 2.67. The summed E-state index contributed by atoms with van der Waals surface area (Å²) in [6, 6.07) is 0. The Morgan fingerprint density at radius 1 is 1.13 bits per heavy atom. The van der Waals surface area contributed by atoms with Crippen molar-refractivity contribution in [2.75, 3.05) is 14.2 Å². The smallest absolute Gasteiger partial charge is 0.302 e. The molecule has 2 aliphatic carbocycles. The topological polar surface area (TPSA) is 44.8 Å². The monoisotopic (exact) mass is 580 g/mol. The molecule has 0 saturated heterocycles. The van der Waals surface area contributed by atoms with Crippen molar-refractivity contribution in [1.82, 2.24) is 0 Å². The van der Waals surface area contributed by atoms with Gasteiger partial charge in [-0.15, -0.1) is 0 Å². The number of esters is 1. The lowest BCUT2D eigenvalue weighted by Crippen LogP contribution is -2.57. The first-order valence-corrected chi connectivity index (χ1v) is 10.6. The van der Waals surface area contributed by atoms with Gasteiger partial charge in [0.25, 0.3) is 0 Å². The normalized spacial score (nSPS) is 38.3. The van der Waals surface area contributed by atoms with Gasteiger partial charge in [0.1, 0.15) is 10.4 Å². The van der Waals surface area contributed by atoms with Crippen LogP contribution in [-0.2, 0) is 19.0 Å². The van der Waals surface area contributed by atoms with Crippen LogP contribution in [-0.4, -0.2) is 40.7 Å². The minimum absolute atomic E-state index is 0.0127. The number of halogens is 4. The molecule has 8 heteroatoms. The molecule has 4 unspecified atom stereocenters.